The molecule has 0 saturated heterocycles. The standard InChI is InChI=1S/C20H25N5O4/c1-3-24(11-16(26)27)10-13(2)14-4-6-15(7-5-14)25-8-9-29-19-17(20(25)28)18(21)22-12-23-19/h4-7,12-13H,3,8-11H2,1-2H3,(H,26,27)(H2,21,22,23). The van der Waals surface area contributed by atoms with Crippen LogP contribution >= 0.6 is 0 Å². The van der Waals surface area contributed by atoms with E-state index in [1.807, 2.05) is 36.1 Å². The van der Waals surface area contributed by atoms with Crippen LogP contribution in [0.5, 0.6) is 5.88 Å². The van der Waals surface area contributed by atoms with E-state index in [9.17, 15) is 9.59 Å². The van der Waals surface area contributed by atoms with Crippen LogP contribution in [-0.4, -0.2) is 64.6 Å². The van der Waals surface area contributed by atoms with E-state index in [4.69, 9.17) is 15.6 Å². The van der Waals surface area contributed by atoms with Gasteiger partial charge in [-0.15, -0.1) is 0 Å². The third-order valence-corrected chi connectivity index (χ3v) is 4.97. The number of nitrogens with two attached hydrogens (primary N) is 1. The number of fused-ring (bicyclic) bond motifs is 1. The minimum atomic E-state index is -0.833. The highest BCUT2D eigenvalue weighted by Gasteiger charge is 2.28. The Balaban J connectivity index is 1.77. The number of hydrogen-bond acceptors (Lipinski definition) is 7. The maximum atomic E-state index is 13.0. The molecule has 1 unspecified atom stereocenters. The van der Waals surface area contributed by atoms with Gasteiger partial charge in [-0.3, -0.25) is 14.5 Å². The van der Waals surface area contributed by atoms with E-state index in [-0.39, 0.29) is 35.6 Å². The van der Waals surface area contributed by atoms with E-state index in [2.05, 4.69) is 16.9 Å². The van der Waals surface area contributed by atoms with Gasteiger partial charge in [0.1, 0.15) is 24.3 Å². The summed E-state index contributed by atoms with van der Waals surface area (Å²) in [5, 5.41) is 9.01. The summed E-state index contributed by atoms with van der Waals surface area (Å²) in [6, 6.07) is 7.67. The summed E-state index contributed by atoms with van der Waals surface area (Å²) in [6.45, 7) is 5.99. The van der Waals surface area contributed by atoms with Gasteiger partial charge in [-0.05, 0) is 30.2 Å². The molecule has 9 heteroatoms. The van der Waals surface area contributed by atoms with E-state index >= 15 is 0 Å². The fourth-order valence-corrected chi connectivity index (χ4v) is 3.38. The normalized spacial score (nSPS) is 14.9. The molecule has 1 aromatic carbocycles. The quantitative estimate of drug-likeness (QED) is 0.720. The molecule has 1 amide bonds. The fourth-order valence-electron chi connectivity index (χ4n) is 3.38. The summed E-state index contributed by atoms with van der Waals surface area (Å²) in [7, 11) is 0. The Morgan fingerprint density at radius 1 is 1.34 bits per heavy atom. The molecular weight excluding hydrogens is 374 g/mol. The second kappa shape index (κ2) is 8.87. The van der Waals surface area contributed by atoms with Gasteiger partial charge in [0.05, 0.1) is 13.1 Å². The van der Waals surface area contributed by atoms with Gasteiger partial charge in [-0.25, -0.2) is 9.97 Å². The first-order chi connectivity index (χ1) is 13.9. The van der Waals surface area contributed by atoms with Crippen LogP contribution in [0.2, 0.25) is 0 Å². The SMILES string of the molecule is CCN(CC(=O)O)CC(C)c1ccc(N2CCOc3ncnc(N)c3C2=O)cc1. The summed E-state index contributed by atoms with van der Waals surface area (Å²) in [5.74, 6) is -0.685. The number of nitrogens with zero attached hydrogens (tertiary/aromatic N) is 4. The molecule has 2 aromatic rings. The van der Waals surface area contributed by atoms with Crippen LogP contribution in [-0.2, 0) is 4.79 Å². The summed E-state index contributed by atoms with van der Waals surface area (Å²) >= 11 is 0. The maximum absolute atomic E-state index is 13.0. The highest BCUT2D eigenvalue weighted by atomic mass is 16.5. The molecule has 0 spiro atoms. The minimum absolute atomic E-state index is 0.0180. The number of rotatable bonds is 7. The van der Waals surface area contributed by atoms with Crippen molar-refractivity contribution in [2.75, 3.05) is 43.4 Å². The molecule has 154 valence electrons. The number of carbonyl (C=O) groups is 2. The van der Waals surface area contributed by atoms with Crippen molar-refractivity contribution in [1.29, 1.82) is 0 Å². The predicted octanol–water partition coefficient (Wildman–Crippen LogP) is 1.61. The number of aromatic nitrogens is 2. The number of benzene rings is 1. The molecule has 1 atom stereocenters. The Morgan fingerprint density at radius 3 is 2.72 bits per heavy atom. The lowest BCUT2D eigenvalue weighted by molar-refractivity contribution is -0.138. The van der Waals surface area contributed by atoms with E-state index in [1.165, 1.54) is 6.33 Å². The molecule has 0 bridgehead atoms. The van der Waals surface area contributed by atoms with Crippen molar-refractivity contribution in [3.8, 4) is 5.88 Å². The third-order valence-electron chi connectivity index (χ3n) is 4.97. The number of anilines is 2. The first-order valence-electron chi connectivity index (χ1n) is 9.50. The van der Waals surface area contributed by atoms with Crippen LogP contribution in [0.25, 0.3) is 0 Å². The van der Waals surface area contributed by atoms with E-state index in [0.29, 0.717) is 26.2 Å². The Hall–Kier alpha value is -3.20. The summed E-state index contributed by atoms with van der Waals surface area (Å²) in [4.78, 5) is 35.3. The van der Waals surface area contributed by atoms with Gasteiger partial charge in [0.15, 0.2) is 0 Å². The number of nitrogen functional groups attached to an aromatic ring is 1. The Morgan fingerprint density at radius 2 is 2.07 bits per heavy atom. The second-order valence-corrected chi connectivity index (χ2v) is 6.96. The molecular formula is C20H25N5O4. The van der Waals surface area contributed by atoms with Crippen LogP contribution in [0.4, 0.5) is 11.5 Å². The topological polar surface area (TPSA) is 122 Å². The molecule has 1 aliphatic heterocycles. The lowest BCUT2D eigenvalue weighted by Crippen LogP contribution is -2.33. The largest absolute Gasteiger partial charge is 0.480 e. The monoisotopic (exact) mass is 399 g/mol. The molecule has 0 saturated carbocycles. The lowest BCUT2D eigenvalue weighted by Gasteiger charge is -2.24. The number of carbonyl (C=O) groups excluding carboxylic acids is 1. The van der Waals surface area contributed by atoms with Gasteiger partial charge < -0.3 is 20.5 Å². The maximum Gasteiger partial charge on any atom is 0.317 e. The molecule has 0 fully saturated rings. The number of amides is 1. The highest BCUT2D eigenvalue weighted by molar-refractivity contribution is 6.10. The van der Waals surface area contributed by atoms with Crippen molar-refractivity contribution in [2.24, 2.45) is 0 Å². The molecule has 29 heavy (non-hydrogen) atoms. The minimum Gasteiger partial charge on any atom is -0.480 e. The molecule has 2 heterocycles. The van der Waals surface area contributed by atoms with Crippen LogP contribution in [0.3, 0.4) is 0 Å². The van der Waals surface area contributed by atoms with Crippen LogP contribution in [0, 0.1) is 0 Å². The van der Waals surface area contributed by atoms with Gasteiger partial charge in [0, 0.05) is 12.2 Å². The summed E-state index contributed by atoms with van der Waals surface area (Å²) in [6.07, 6.45) is 1.28. The van der Waals surface area contributed by atoms with Crippen molar-refractivity contribution >= 4 is 23.4 Å². The average molecular weight is 399 g/mol. The van der Waals surface area contributed by atoms with E-state index < -0.39 is 5.97 Å². The van der Waals surface area contributed by atoms with E-state index in [0.717, 1.165) is 11.3 Å². The molecule has 0 aliphatic carbocycles. The van der Waals surface area contributed by atoms with Gasteiger partial charge in [0.25, 0.3) is 5.91 Å². The zero-order chi connectivity index (χ0) is 21.0. The van der Waals surface area contributed by atoms with Gasteiger partial charge >= 0.3 is 5.97 Å². The van der Waals surface area contributed by atoms with Gasteiger partial charge in [-0.1, -0.05) is 26.0 Å². The number of aliphatic carboxylic acids is 1. The van der Waals surface area contributed by atoms with Gasteiger partial charge in [0.2, 0.25) is 5.88 Å². The zero-order valence-electron chi connectivity index (χ0n) is 16.5. The van der Waals surface area contributed by atoms with Crippen molar-refractivity contribution in [1.82, 2.24) is 14.9 Å². The number of ether oxygens (including phenoxy) is 1. The van der Waals surface area contributed by atoms with Crippen LogP contribution in [0.1, 0.15) is 35.7 Å². The first kappa shape index (κ1) is 20.5. The number of hydrogen-bond donors (Lipinski definition) is 2. The molecule has 1 aliphatic rings. The Labute approximate surface area is 169 Å². The van der Waals surface area contributed by atoms with Crippen LogP contribution in [0.15, 0.2) is 30.6 Å². The first-order valence-corrected chi connectivity index (χ1v) is 9.50. The second-order valence-electron chi connectivity index (χ2n) is 6.96. The third kappa shape index (κ3) is 4.62. The zero-order valence-corrected chi connectivity index (χ0v) is 16.5. The highest BCUT2D eigenvalue weighted by Crippen LogP contribution is 2.28. The molecule has 9 nitrogen and oxygen atoms in total. The predicted molar refractivity (Wildman–Crippen MR) is 108 cm³/mol. The number of carboxylic acid groups (broad SMARTS) is 1. The Kier molecular flexibility index (Phi) is 6.28. The van der Waals surface area contributed by atoms with Crippen molar-refractivity contribution in [2.45, 2.75) is 19.8 Å². The molecule has 3 N–H and O–H groups in total. The van der Waals surface area contributed by atoms with Crippen LogP contribution < -0.4 is 15.4 Å². The number of carboxylic acids is 1. The average Bonchev–Trinajstić information content (AvgIpc) is 2.86. The summed E-state index contributed by atoms with van der Waals surface area (Å²) < 4.78 is 5.55. The van der Waals surface area contributed by atoms with Gasteiger partial charge in [-0.2, -0.15) is 0 Å². The van der Waals surface area contributed by atoms with Crippen molar-refractivity contribution in [3.63, 3.8) is 0 Å². The van der Waals surface area contributed by atoms with Crippen molar-refractivity contribution < 1.29 is 19.4 Å². The molecule has 0 radical (unpaired) electrons. The lowest BCUT2D eigenvalue weighted by atomic mass is 10.00. The number of likely N-dealkylation sites (N-methyl/N-ethyl adjacent to an activating group) is 1. The molecule has 1 aromatic heterocycles. The van der Waals surface area contributed by atoms with E-state index in [1.54, 1.807) is 4.90 Å². The summed E-state index contributed by atoms with van der Waals surface area (Å²) in [5.41, 5.74) is 7.84. The Bertz CT molecular complexity index is 887. The molecule has 3 rings (SSSR count). The smallest absolute Gasteiger partial charge is 0.317 e. The fraction of sp³-hybridized carbons (Fsp3) is 0.400. The van der Waals surface area contributed by atoms with Crippen molar-refractivity contribution in [3.05, 3.63) is 41.7 Å².